The van der Waals surface area contributed by atoms with Crippen LogP contribution in [0.2, 0.25) is 0 Å². The Morgan fingerprint density at radius 3 is 2.39 bits per heavy atom. The van der Waals surface area contributed by atoms with Crippen LogP contribution in [0, 0.1) is 19.3 Å². The maximum absolute atomic E-state index is 12.1. The summed E-state index contributed by atoms with van der Waals surface area (Å²) >= 11 is 0. The van der Waals surface area contributed by atoms with Gasteiger partial charge in [0.1, 0.15) is 6.34 Å². The molecular weight excluding hydrogens is 450 g/mol. The number of aromatic amines is 1. The van der Waals surface area contributed by atoms with Gasteiger partial charge in [-0.3, -0.25) is 10.2 Å². The molecule has 192 valence electrons. The molecule has 36 heavy (non-hydrogen) atoms. The highest BCUT2D eigenvalue weighted by Gasteiger charge is 2.16. The van der Waals surface area contributed by atoms with Gasteiger partial charge in [-0.25, -0.2) is 5.10 Å². The fourth-order valence-corrected chi connectivity index (χ4v) is 3.51. The minimum atomic E-state index is -0.161. The quantitative estimate of drug-likeness (QED) is 0.102. The number of allylic oxidation sites excluding steroid dienone is 1. The summed E-state index contributed by atoms with van der Waals surface area (Å²) in [5.74, 6) is 4.45. The Hall–Kier alpha value is -4.07. The van der Waals surface area contributed by atoms with E-state index in [0.717, 1.165) is 37.0 Å². The van der Waals surface area contributed by atoms with Crippen molar-refractivity contribution >= 4 is 12.0 Å². The van der Waals surface area contributed by atoms with Gasteiger partial charge in [0.15, 0.2) is 0 Å². The SMILES string of the molecule is C=C(CCCC)N(Cc1ccc(-c2ccccc2C)cc1)c1cn[nH]c(=O)c1C.CC.N=CN=NN. The van der Waals surface area contributed by atoms with E-state index in [-0.39, 0.29) is 5.56 Å². The lowest BCUT2D eigenvalue weighted by atomic mass is 9.99. The number of aryl methyl sites for hydroxylation is 1. The van der Waals surface area contributed by atoms with Gasteiger partial charge >= 0.3 is 0 Å². The van der Waals surface area contributed by atoms with Crippen LogP contribution in [0.4, 0.5) is 5.69 Å². The maximum atomic E-state index is 12.1. The molecule has 0 aliphatic carbocycles. The van der Waals surface area contributed by atoms with Gasteiger partial charge in [-0.15, -0.1) is 5.11 Å². The molecule has 0 spiro atoms. The normalized spacial score (nSPS) is 10.0. The summed E-state index contributed by atoms with van der Waals surface area (Å²) in [5, 5.41) is 18.3. The molecule has 0 aliphatic heterocycles. The number of anilines is 1. The zero-order chi connectivity index (χ0) is 26.9. The molecule has 8 heteroatoms. The molecular formula is C28H39N7O. The van der Waals surface area contributed by atoms with Crippen LogP contribution in [0.1, 0.15) is 56.7 Å². The van der Waals surface area contributed by atoms with E-state index in [1.807, 2.05) is 20.8 Å². The average Bonchev–Trinajstić information content (AvgIpc) is 2.90. The second-order valence-electron chi connectivity index (χ2n) is 7.84. The fraction of sp³-hybridized carbons (Fsp3) is 0.321. The van der Waals surface area contributed by atoms with Gasteiger partial charge in [0.2, 0.25) is 0 Å². The fourth-order valence-electron chi connectivity index (χ4n) is 3.51. The smallest absolute Gasteiger partial charge is 0.269 e. The summed E-state index contributed by atoms with van der Waals surface area (Å²) in [6, 6.07) is 17.0. The summed E-state index contributed by atoms with van der Waals surface area (Å²) in [4.78, 5) is 14.2. The summed E-state index contributed by atoms with van der Waals surface area (Å²) < 4.78 is 0. The number of H-pyrrole nitrogens is 1. The van der Waals surface area contributed by atoms with Crippen LogP contribution in [0.25, 0.3) is 11.1 Å². The number of hydrogen-bond donors (Lipinski definition) is 3. The minimum absolute atomic E-state index is 0.161. The number of rotatable bonds is 9. The van der Waals surface area contributed by atoms with Crippen LogP contribution in [-0.2, 0) is 6.54 Å². The lowest BCUT2D eigenvalue weighted by Crippen LogP contribution is -2.25. The van der Waals surface area contributed by atoms with Crippen LogP contribution in [0.3, 0.4) is 0 Å². The molecule has 0 amide bonds. The number of benzene rings is 2. The molecule has 0 atom stereocenters. The maximum Gasteiger partial charge on any atom is 0.269 e. The zero-order valence-electron chi connectivity index (χ0n) is 22.1. The highest BCUT2D eigenvalue weighted by Crippen LogP contribution is 2.27. The molecule has 2 aromatic carbocycles. The van der Waals surface area contributed by atoms with E-state index in [2.05, 4.69) is 100 Å². The van der Waals surface area contributed by atoms with E-state index in [9.17, 15) is 4.79 Å². The molecule has 4 N–H and O–H groups in total. The second kappa shape index (κ2) is 16.5. The number of aromatic nitrogens is 2. The van der Waals surface area contributed by atoms with Crippen molar-refractivity contribution in [3.05, 3.63) is 94.0 Å². The first-order valence-electron chi connectivity index (χ1n) is 12.2. The Bertz CT molecular complexity index is 1170. The molecule has 3 rings (SSSR count). The Labute approximate surface area is 214 Å². The van der Waals surface area contributed by atoms with Crippen molar-refractivity contribution in [2.24, 2.45) is 16.2 Å². The van der Waals surface area contributed by atoms with Gasteiger partial charge in [0.25, 0.3) is 5.56 Å². The summed E-state index contributed by atoms with van der Waals surface area (Å²) in [6.45, 7) is 15.1. The summed E-state index contributed by atoms with van der Waals surface area (Å²) in [5.41, 5.74) is 7.21. The average molecular weight is 490 g/mol. The topological polar surface area (TPSA) is 124 Å². The van der Waals surface area contributed by atoms with Crippen molar-refractivity contribution in [1.82, 2.24) is 10.2 Å². The van der Waals surface area contributed by atoms with Crippen LogP contribution >= 0.6 is 0 Å². The molecule has 0 saturated heterocycles. The first-order chi connectivity index (χ1) is 17.4. The molecule has 0 radical (unpaired) electrons. The van der Waals surface area contributed by atoms with Gasteiger partial charge in [0.05, 0.1) is 11.9 Å². The predicted molar refractivity (Wildman–Crippen MR) is 150 cm³/mol. The molecule has 3 aromatic rings. The number of unbranched alkanes of at least 4 members (excludes halogenated alkanes) is 1. The summed E-state index contributed by atoms with van der Waals surface area (Å²) in [6.07, 6.45) is 5.54. The molecule has 0 unspecified atom stereocenters. The van der Waals surface area contributed by atoms with Crippen LogP contribution in [0.5, 0.6) is 0 Å². The Balaban J connectivity index is 0.000000826. The van der Waals surface area contributed by atoms with Crippen molar-refractivity contribution in [2.45, 2.75) is 60.4 Å². The molecule has 0 bridgehead atoms. The van der Waals surface area contributed by atoms with Crippen LogP contribution in [-0.4, -0.2) is 16.5 Å². The van der Waals surface area contributed by atoms with E-state index in [4.69, 9.17) is 5.41 Å². The van der Waals surface area contributed by atoms with E-state index in [0.29, 0.717) is 12.1 Å². The molecule has 1 aromatic heterocycles. The van der Waals surface area contributed by atoms with Gasteiger partial charge in [-0.2, -0.15) is 5.10 Å². The van der Waals surface area contributed by atoms with E-state index in [1.165, 1.54) is 22.3 Å². The standard InChI is InChI=1S/C25H29N3O.C2H6.CH4N4/c1-5-6-10-19(3)28(24-16-26-27-25(29)20(24)4)17-21-12-14-22(15-13-21)23-11-8-7-9-18(23)2;1-2;2-1-4-5-3/h7-9,11-16H,3,5-6,10,17H2,1-2,4H3,(H,27,29);1-2H3;1H,(H3,2,3,4). The Morgan fingerprint density at radius 1 is 1.17 bits per heavy atom. The first kappa shape index (κ1) is 30.0. The lowest BCUT2D eigenvalue weighted by molar-refractivity contribution is 0.743. The third-order valence-electron chi connectivity index (χ3n) is 5.44. The second-order valence-corrected chi connectivity index (χ2v) is 7.84. The van der Waals surface area contributed by atoms with Crippen LogP contribution in [0.15, 0.2) is 82.1 Å². The number of nitrogens with one attached hydrogen (secondary N) is 2. The third kappa shape index (κ3) is 8.94. The minimum Gasteiger partial charge on any atom is -0.340 e. The van der Waals surface area contributed by atoms with Crippen LogP contribution < -0.4 is 16.3 Å². The van der Waals surface area contributed by atoms with E-state index >= 15 is 0 Å². The number of nitrogens with two attached hydrogens (primary N) is 1. The number of hydrogen-bond acceptors (Lipinski definition) is 5. The molecule has 0 saturated carbocycles. The number of nitrogens with zero attached hydrogens (tertiary/aromatic N) is 4. The third-order valence-corrected chi connectivity index (χ3v) is 5.44. The molecule has 0 fully saturated rings. The zero-order valence-corrected chi connectivity index (χ0v) is 22.1. The van der Waals surface area contributed by atoms with Crippen molar-refractivity contribution in [2.75, 3.05) is 4.90 Å². The molecule has 0 aliphatic rings. The van der Waals surface area contributed by atoms with Gasteiger partial charge in [0, 0.05) is 17.8 Å². The van der Waals surface area contributed by atoms with Gasteiger partial charge < -0.3 is 10.7 Å². The largest absolute Gasteiger partial charge is 0.340 e. The lowest BCUT2D eigenvalue weighted by Gasteiger charge is -2.28. The molecule has 1 heterocycles. The molecule has 8 nitrogen and oxygen atoms in total. The monoisotopic (exact) mass is 489 g/mol. The van der Waals surface area contributed by atoms with Gasteiger partial charge in [-0.1, -0.05) is 87.5 Å². The highest BCUT2D eigenvalue weighted by molar-refractivity contribution is 5.67. The first-order valence-corrected chi connectivity index (χ1v) is 12.2. The Kier molecular flexibility index (Phi) is 13.8. The van der Waals surface area contributed by atoms with Crippen molar-refractivity contribution in [1.29, 1.82) is 5.41 Å². The highest BCUT2D eigenvalue weighted by atomic mass is 16.1. The van der Waals surface area contributed by atoms with E-state index < -0.39 is 0 Å². The van der Waals surface area contributed by atoms with Crippen molar-refractivity contribution < 1.29 is 0 Å². The van der Waals surface area contributed by atoms with Crippen molar-refractivity contribution in [3.63, 3.8) is 0 Å². The van der Waals surface area contributed by atoms with E-state index in [1.54, 1.807) is 6.20 Å². The predicted octanol–water partition coefficient (Wildman–Crippen LogP) is 6.71. The van der Waals surface area contributed by atoms with Crippen molar-refractivity contribution in [3.8, 4) is 11.1 Å². The van der Waals surface area contributed by atoms with Gasteiger partial charge in [-0.05, 0) is 48.9 Å². The Morgan fingerprint density at radius 2 is 1.83 bits per heavy atom. The summed E-state index contributed by atoms with van der Waals surface area (Å²) in [7, 11) is 0.